The third-order valence-corrected chi connectivity index (χ3v) is 8.89. The molecule has 1 saturated carbocycles. The summed E-state index contributed by atoms with van der Waals surface area (Å²) in [5.41, 5.74) is -0.972. The Balaban J connectivity index is 1.72. The van der Waals surface area contributed by atoms with Gasteiger partial charge in [0, 0.05) is 18.3 Å². The van der Waals surface area contributed by atoms with Gasteiger partial charge >= 0.3 is 0 Å². The standard InChI is InChI=1S/C26H32FN3O5S/c1-18-9-10-20(15-23(18)27)30-24(31)16-29(36(33,34)22-13-11-21(35-3)12-14-22)17-26(30,2)25(32)28-19-7-5-4-6-8-19/h9-15,19H,4-8,16-17H2,1-3H3,(H,28,32)/t26-/m0/s1. The van der Waals surface area contributed by atoms with Gasteiger partial charge in [-0.05, 0) is 68.7 Å². The van der Waals surface area contributed by atoms with Crippen molar-refractivity contribution in [3.8, 4) is 5.75 Å². The quantitative estimate of drug-likeness (QED) is 0.634. The highest BCUT2D eigenvalue weighted by Crippen LogP contribution is 2.34. The van der Waals surface area contributed by atoms with Gasteiger partial charge in [-0.15, -0.1) is 0 Å². The number of anilines is 1. The molecule has 1 atom stereocenters. The number of amides is 2. The number of hydrogen-bond donors (Lipinski definition) is 1. The molecule has 1 heterocycles. The maximum atomic E-state index is 14.5. The van der Waals surface area contributed by atoms with E-state index in [0.29, 0.717) is 11.3 Å². The van der Waals surface area contributed by atoms with Gasteiger partial charge in [-0.2, -0.15) is 4.31 Å². The minimum absolute atomic E-state index is 0.0130. The minimum atomic E-state index is -4.10. The van der Waals surface area contributed by atoms with Crippen LogP contribution in [0.15, 0.2) is 47.4 Å². The van der Waals surface area contributed by atoms with E-state index in [1.807, 2.05) is 0 Å². The van der Waals surface area contributed by atoms with Gasteiger partial charge in [0.1, 0.15) is 17.1 Å². The van der Waals surface area contributed by atoms with E-state index in [1.165, 1.54) is 55.3 Å². The van der Waals surface area contributed by atoms with Crippen molar-refractivity contribution in [2.24, 2.45) is 0 Å². The number of sulfonamides is 1. The van der Waals surface area contributed by atoms with Gasteiger partial charge in [0.05, 0.1) is 18.6 Å². The maximum Gasteiger partial charge on any atom is 0.247 e. The van der Waals surface area contributed by atoms with Crippen LogP contribution in [0.2, 0.25) is 0 Å². The number of aryl methyl sites for hydroxylation is 1. The van der Waals surface area contributed by atoms with E-state index in [1.54, 1.807) is 13.0 Å². The van der Waals surface area contributed by atoms with Gasteiger partial charge < -0.3 is 10.1 Å². The van der Waals surface area contributed by atoms with E-state index < -0.39 is 39.7 Å². The number of piperazine rings is 1. The molecule has 1 aliphatic carbocycles. The lowest BCUT2D eigenvalue weighted by Gasteiger charge is -2.47. The lowest BCUT2D eigenvalue weighted by Crippen LogP contribution is -2.70. The van der Waals surface area contributed by atoms with Crippen LogP contribution in [0.1, 0.15) is 44.6 Å². The summed E-state index contributed by atoms with van der Waals surface area (Å²) >= 11 is 0. The SMILES string of the molecule is COc1ccc(S(=O)(=O)N2CC(=O)N(c3ccc(C)c(F)c3)[C@](C)(C(=O)NC3CCCCC3)C2)cc1. The van der Waals surface area contributed by atoms with Crippen LogP contribution in [-0.4, -0.2) is 56.3 Å². The van der Waals surface area contributed by atoms with Gasteiger partial charge in [0.2, 0.25) is 21.8 Å². The second kappa shape index (κ2) is 10.2. The summed E-state index contributed by atoms with van der Waals surface area (Å²) in [4.78, 5) is 28.4. The van der Waals surface area contributed by atoms with Crippen molar-refractivity contribution in [2.45, 2.75) is 62.4 Å². The van der Waals surface area contributed by atoms with Crippen molar-refractivity contribution in [3.05, 3.63) is 53.8 Å². The Morgan fingerprint density at radius 2 is 1.78 bits per heavy atom. The fraction of sp³-hybridized carbons (Fsp3) is 0.462. The molecule has 10 heteroatoms. The van der Waals surface area contributed by atoms with Gasteiger partial charge in [0.15, 0.2) is 0 Å². The number of nitrogens with zero attached hydrogens (tertiary/aromatic N) is 2. The molecule has 194 valence electrons. The van der Waals surface area contributed by atoms with Crippen LogP contribution in [0.5, 0.6) is 5.75 Å². The first-order valence-corrected chi connectivity index (χ1v) is 13.5. The van der Waals surface area contributed by atoms with Crippen molar-refractivity contribution >= 4 is 27.5 Å². The van der Waals surface area contributed by atoms with E-state index in [2.05, 4.69) is 5.32 Å². The Morgan fingerprint density at radius 3 is 2.39 bits per heavy atom. The van der Waals surface area contributed by atoms with E-state index in [-0.39, 0.29) is 23.2 Å². The van der Waals surface area contributed by atoms with Gasteiger partial charge in [-0.25, -0.2) is 12.8 Å². The second-order valence-electron chi connectivity index (χ2n) is 9.69. The van der Waals surface area contributed by atoms with E-state index in [0.717, 1.165) is 36.4 Å². The van der Waals surface area contributed by atoms with Crippen molar-refractivity contribution in [1.29, 1.82) is 0 Å². The Bertz CT molecular complexity index is 1240. The number of methoxy groups -OCH3 is 1. The molecule has 0 aromatic heterocycles. The highest BCUT2D eigenvalue weighted by atomic mass is 32.2. The average Bonchev–Trinajstić information content (AvgIpc) is 2.86. The number of ether oxygens (including phenoxy) is 1. The smallest absolute Gasteiger partial charge is 0.247 e. The number of carbonyl (C=O) groups is 2. The number of nitrogens with one attached hydrogen (secondary N) is 1. The molecule has 0 radical (unpaired) electrons. The Hall–Kier alpha value is -2.98. The summed E-state index contributed by atoms with van der Waals surface area (Å²) in [5, 5.41) is 3.04. The van der Waals surface area contributed by atoms with Crippen molar-refractivity contribution in [1.82, 2.24) is 9.62 Å². The number of halogens is 1. The Morgan fingerprint density at radius 1 is 1.11 bits per heavy atom. The molecule has 1 saturated heterocycles. The normalized spacial score (nSPS) is 21.9. The van der Waals surface area contributed by atoms with Crippen LogP contribution in [0.4, 0.5) is 10.1 Å². The third-order valence-electron chi connectivity index (χ3n) is 7.08. The molecule has 1 N–H and O–H groups in total. The molecule has 36 heavy (non-hydrogen) atoms. The third kappa shape index (κ3) is 4.97. The molecule has 2 amide bonds. The molecule has 0 bridgehead atoms. The lowest BCUT2D eigenvalue weighted by molar-refractivity contribution is -0.133. The highest BCUT2D eigenvalue weighted by Gasteiger charge is 2.51. The van der Waals surface area contributed by atoms with Crippen LogP contribution >= 0.6 is 0 Å². The van der Waals surface area contributed by atoms with E-state index in [9.17, 15) is 22.4 Å². The maximum absolute atomic E-state index is 14.5. The molecule has 2 aromatic rings. The van der Waals surface area contributed by atoms with Crippen LogP contribution in [0.25, 0.3) is 0 Å². The van der Waals surface area contributed by atoms with Crippen molar-refractivity contribution in [3.63, 3.8) is 0 Å². The first-order valence-electron chi connectivity index (χ1n) is 12.1. The number of hydrogen-bond acceptors (Lipinski definition) is 5. The van der Waals surface area contributed by atoms with Crippen molar-refractivity contribution in [2.75, 3.05) is 25.1 Å². The molecule has 0 spiro atoms. The summed E-state index contributed by atoms with van der Waals surface area (Å²) in [6.45, 7) is 2.39. The second-order valence-corrected chi connectivity index (χ2v) is 11.6. The number of carbonyl (C=O) groups excluding carboxylic acids is 2. The zero-order valence-electron chi connectivity index (χ0n) is 20.8. The van der Waals surface area contributed by atoms with Gasteiger partial charge in [-0.3, -0.25) is 14.5 Å². The van der Waals surface area contributed by atoms with Gasteiger partial charge in [0.25, 0.3) is 0 Å². The summed E-state index contributed by atoms with van der Waals surface area (Å²) in [7, 11) is -2.62. The van der Waals surface area contributed by atoms with Crippen LogP contribution in [0.3, 0.4) is 0 Å². The molecule has 4 rings (SSSR count). The number of benzene rings is 2. The van der Waals surface area contributed by atoms with Crippen LogP contribution in [-0.2, 0) is 19.6 Å². The summed E-state index contributed by atoms with van der Waals surface area (Å²) in [5.74, 6) is -1.09. The molecule has 1 aliphatic heterocycles. The zero-order chi connectivity index (χ0) is 26.1. The monoisotopic (exact) mass is 517 g/mol. The first kappa shape index (κ1) is 26.1. The molecule has 2 aliphatic rings. The van der Waals surface area contributed by atoms with E-state index >= 15 is 0 Å². The molecule has 2 aromatic carbocycles. The molecule has 8 nitrogen and oxygen atoms in total. The largest absolute Gasteiger partial charge is 0.497 e. The molecular formula is C26H32FN3O5S. The zero-order valence-corrected chi connectivity index (χ0v) is 21.6. The fourth-order valence-corrected chi connectivity index (χ4v) is 6.42. The van der Waals surface area contributed by atoms with Crippen LogP contribution in [0, 0.1) is 12.7 Å². The highest BCUT2D eigenvalue weighted by molar-refractivity contribution is 7.89. The molecule has 0 unspecified atom stereocenters. The predicted molar refractivity (Wildman–Crippen MR) is 134 cm³/mol. The lowest BCUT2D eigenvalue weighted by atomic mass is 9.91. The summed E-state index contributed by atoms with van der Waals surface area (Å²) < 4.78 is 47.6. The average molecular weight is 518 g/mol. The summed E-state index contributed by atoms with van der Waals surface area (Å²) in [6.07, 6.45) is 4.73. The first-order chi connectivity index (χ1) is 17.1. The Kier molecular flexibility index (Phi) is 7.38. The predicted octanol–water partition coefficient (Wildman–Crippen LogP) is 3.39. The topological polar surface area (TPSA) is 96.0 Å². The fourth-order valence-electron chi connectivity index (χ4n) is 4.94. The Labute approximate surface area is 211 Å². The molecule has 2 fully saturated rings. The summed E-state index contributed by atoms with van der Waals surface area (Å²) in [6, 6.07) is 10.1. The van der Waals surface area contributed by atoms with E-state index in [4.69, 9.17) is 4.74 Å². The van der Waals surface area contributed by atoms with Crippen molar-refractivity contribution < 1.29 is 27.1 Å². The minimum Gasteiger partial charge on any atom is -0.497 e. The van der Waals surface area contributed by atoms with Crippen LogP contribution < -0.4 is 15.0 Å². The number of rotatable bonds is 6. The molecular weight excluding hydrogens is 485 g/mol. The van der Waals surface area contributed by atoms with Gasteiger partial charge in [-0.1, -0.05) is 25.3 Å².